The summed E-state index contributed by atoms with van der Waals surface area (Å²) >= 11 is 0. The van der Waals surface area contributed by atoms with Gasteiger partial charge in [-0.1, -0.05) is 17.7 Å². The van der Waals surface area contributed by atoms with Gasteiger partial charge >= 0.3 is 0 Å². The third-order valence-corrected chi connectivity index (χ3v) is 3.59. The third-order valence-electron chi connectivity index (χ3n) is 3.59. The van der Waals surface area contributed by atoms with Crippen molar-refractivity contribution in [2.24, 2.45) is 0 Å². The molecule has 3 nitrogen and oxygen atoms in total. The van der Waals surface area contributed by atoms with Crippen molar-refractivity contribution in [3.63, 3.8) is 0 Å². The molecule has 0 heterocycles. The predicted molar refractivity (Wildman–Crippen MR) is 89.7 cm³/mol. The van der Waals surface area contributed by atoms with Crippen LogP contribution < -0.4 is 10.1 Å². The van der Waals surface area contributed by atoms with Crippen LogP contribution in [0.3, 0.4) is 0 Å². The molecule has 0 bridgehead atoms. The molecule has 0 fully saturated rings. The first-order valence-electron chi connectivity index (χ1n) is 7.49. The average molecular weight is 331 g/mol. The van der Waals surface area contributed by atoms with E-state index in [0.29, 0.717) is 5.75 Å². The Morgan fingerprint density at radius 3 is 2.62 bits per heavy atom. The first kappa shape index (κ1) is 17.7. The highest BCUT2D eigenvalue weighted by molar-refractivity contribution is 5.92. The second kappa shape index (κ2) is 7.73. The number of halogens is 2. The smallest absolute Gasteiger partial charge is 0.244 e. The van der Waals surface area contributed by atoms with E-state index in [1.54, 1.807) is 20.1 Å². The van der Waals surface area contributed by atoms with Gasteiger partial charge in [-0.3, -0.25) is 4.79 Å². The van der Waals surface area contributed by atoms with E-state index in [2.05, 4.69) is 5.32 Å². The van der Waals surface area contributed by atoms with E-state index >= 15 is 0 Å². The molecule has 0 aromatic heterocycles. The van der Waals surface area contributed by atoms with E-state index in [4.69, 9.17) is 4.74 Å². The van der Waals surface area contributed by atoms with Gasteiger partial charge in [-0.15, -0.1) is 0 Å². The van der Waals surface area contributed by atoms with E-state index in [-0.39, 0.29) is 11.5 Å². The largest absolute Gasteiger partial charge is 0.496 e. The summed E-state index contributed by atoms with van der Waals surface area (Å²) in [5, 5.41) is 2.65. The second-order valence-electron chi connectivity index (χ2n) is 5.47. The van der Waals surface area contributed by atoms with Crippen LogP contribution in [-0.4, -0.2) is 13.0 Å². The topological polar surface area (TPSA) is 38.3 Å². The first-order valence-corrected chi connectivity index (χ1v) is 7.49. The fourth-order valence-corrected chi connectivity index (χ4v) is 2.34. The molecule has 0 saturated carbocycles. The molecule has 0 saturated heterocycles. The molecule has 5 heteroatoms. The molecule has 2 aromatic carbocycles. The highest BCUT2D eigenvalue weighted by atomic mass is 19.1. The van der Waals surface area contributed by atoms with Gasteiger partial charge in [0, 0.05) is 23.3 Å². The molecule has 0 unspecified atom stereocenters. The van der Waals surface area contributed by atoms with Crippen LogP contribution in [0, 0.1) is 18.6 Å². The number of hydrogen-bond donors (Lipinski definition) is 1. The Bertz CT molecular complexity index is 772. The molecular weight excluding hydrogens is 312 g/mol. The zero-order valence-electron chi connectivity index (χ0n) is 13.8. The highest BCUT2D eigenvalue weighted by Gasteiger charge is 2.13. The number of aryl methyl sites for hydroxylation is 1. The van der Waals surface area contributed by atoms with Gasteiger partial charge in [0.2, 0.25) is 5.91 Å². The lowest BCUT2D eigenvalue weighted by Gasteiger charge is -2.14. The molecule has 1 atom stereocenters. The minimum absolute atomic E-state index is 0.228. The van der Waals surface area contributed by atoms with Crippen molar-refractivity contribution in [3.05, 3.63) is 70.8 Å². The number of carbonyl (C=O) groups is 1. The zero-order valence-corrected chi connectivity index (χ0v) is 13.8. The van der Waals surface area contributed by atoms with E-state index < -0.39 is 17.7 Å². The maximum absolute atomic E-state index is 13.7. The summed E-state index contributed by atoms with van der Waals surface area (Å²) < 4.78 is 31.9. The molecule has 1 N–H and O–H groups in total. The summed E-state index contributed by atoms with van der Waals surface area (Å²) in [5.74, 6) is -1.06. The van der Waals surface area contributed by atoms with Gasteiger partial charge in [0.05, 0.1) is 13.2 Å². The van der Waals surface area contributed by atoms with Gasteiger partial charge in [-0.25, -0.2) is 8.78 Å². The van der Waals surface area contributed by atoms with Crippen molar-refractivity contribution in [1.29, 1.82) is 0 Å². The average Bonchev–Trinajstić information content (AvgIpc) is 2.52. The Hall–Kier alpha value is -2.69. The minimum Gasteiger partial charge on any atom is -0.496 e. The summed E-state index contributed by atoms with van der Waals surface area (Å²) in [6, 6.07) is 8.33. The monoisotopic (exact) mass is 331 g/mol. The van der Waals surface area contributed by atoms with E-state index in [1.807, 2.05) is 25.1 Å². The van der Waals surface area contributed by atoms with Crippen LogP contribution in [0.5, 0.6) is 5.75 Å². The van der Waals surface area contributed by atoms with Crippen LogP contribution in [0.1, 0.15) is 29.7 Å². The molecule has 126 valence electrons. The Labute approximate surface area is 140 Å². The first-order chi connectivity index (χ1) is 11.4. The zero-order chi connectivity index (χ0) is 17.7. The van der Waals surface area contributed by atoms with Crippen LogP contribution in [0.2, 0.25) is 0 Å². The second-order valence-corrected chi connectivity index (χ2v) is 5.47. The van der Waals surface area contributed by atoms with Crippen molar-refractivity contribution >= 4 is 12.0 Å². The summed E-state index contributed by atoms with van der Waals surface area (Å²) in [5.41, 5.74) is 2.04. The SMILES string of the molecule is COc1ccc(C)cc1/C=C/C(=O)N[C@H](C)c1ccc(F)cc1F. The Morgan fingerprint density at radius 1 is 1.21 bits per heavy atom. The summed E-state index contributed by atoms with van der Waals surface area (Å²) in [7, 11) is 1.56. The van der Waals surface area contributed by atoms with Gasteiger partial charge < -0.3 is 10.1 Å². The summed E-state index contributed by atoms with van der Waals surface area (Å²) in [6.45, 7) is 3.57. The number of hydrogen-bond acceptors (Lipinski definition) is 2. The van der Waals surface area contributed by atoms with Gasteiger partial charge in [0.1, 0.15) is 17.4 Å². The van der Waals surface area contributed by atoms with Crippen LogP contribution in [0.15, 0.2) is 42.5 Å². The number of ether oxygens (including phenoxy) is 1. The number of methoxy groups -OCH3 is 1. The van der Waals surface area contributed by atoms with Gasteiger partial charge in [0.25, 0.3) is 0 Å². The van der Waals surface area contributed by atoms with E-state index in [1.165, 1.54) is 12.1 Å². The maximum atomic E-state index is 13.7. The van der Waals surface area contributed by atoms with Crippen LogP contribution in [-0.2, 0) is 4.79 Å². The number of nitrogens with one attached hydrogen (secondary N) is 1. The number of carbonyl (C=O) groups excluding carboxylic acids is 1. The lowest BCUT2D eigenvalue weighted by molar-refractivity contribution is -0.117. The Kier molecular flexibility index (Phi) is 5.68. The molecule has 0 radical (unpaired) electrons. The minimum atomic E-state index is -0.688. The Balaban J connectivity index is 2.09. The van der Waals surface area contributed by atoms with Crippen molar-refractivity contribution in [3.8, 4) is 5.75 Å². The molecule has 0 aliphatic carbocycles. The summed E-state index contributed by atoms with van der Waals surface area (Å²) in [4.78, 5) is 12.0. The third kappa shape index (κ3) is 4.41. The van der Waals surface area contributed by atoms with Gasteiger partial charge in [0.15, 0.2) is 0 Å². The fraction of sp³-hybridized carbons (Fsp3) is 0.211. The number of benzene rings is 2. The molecule has 1 amide bonds. The molecule has 2 rings (SSSR count). The normalized spacial score (nSPS) is 12.2. The van der Waals surface area contributed by atoms with E-state index in [9.17, 15) is 13.6 Å². The quantitative estimate of drug-likeness (QED) is 0.835. The van der Waals surface area contributed by atoms with E-state index in [0.717, 1.165) is 23.3 Å². The van der Waals surface area contributed by atoms with Gasteiger partial charge in [-0.05, 0) is 38.1 Å². The van der Waals surface area contributed by atoms with Crippen molar-refractivity contribution < 1.29 is 18.3 Å². The number of rotatable bonds is 5. The molecule has 0 spiro atoms. The number of amides is 1. The Morgan fingerprint density at radius 2 is 1.96 bits per heavy atom. The fourth-order valence-electron chi connectivity index (χ4n) is 2.34. The molecule has 24 heavy (non-hydrogen) atoms. The summed E-state index contributed by atoms with van der Waals surface area (Å²) in [6.07, 6.45) is 2.99. The van der Waals surface area contributed by atoms with Crippen LogP contribution in [0.25, 0.3) is 6.08 Å². The van der Waals surface area contributed by atoms with Crippen molar-refractivity contribution in [2.75, 3.05) is 7.11 Å². The molecular formula is C19H19F2NO2. The molecule has 2 aromatic rings. The standard InChI is InChI=1S/C19H19F2NO2/c1-12-4-8-18(24-3)14(10-12)5-9-19(23)22-13(2)16-7-6-15(20)11-17(16)21/h4-11,13H,1-3H3,(H,22,23)/b9-5+/t13-/m1/s1. The van der Waals surface area contributed by atoms with Crippen LogP contribution in [0.4, 0.5) is 8.78 Å². The maximum Gasteiger partial charge on any atom is 0.244 e. The molecule has 0 aliphatic rings. The molecule has 0 aliphatic heterocycles. The highest BCUT2D eigenvalue weighted by Crippen LogP contribution is 2.21. The van der Waals surface area contributed by atoms with Gasteiger partial charge in [-0.2, -0.15) is 0 Å². The van der Waals surface area contributed by atoms with Crippen LogP contribution >= 0.6 is 0 Å². The van der Waals surface area contributed by atoms with Crippen molar-refractivity contribution in [1.82, 2.24) is 5.32 Å². The lowest BCUT2D eigenvalue weighted by atomic mass is 10.1. The predicted octanol–water partition coefficient (Wildman–Crippen LogP) is 4.17. The lowest BCUT2D eigenvalue weighted by Crippen LogP contribution is -2.25. The van der Waals surface area contributed by atoms with Crippen molar-refractivity contribution in [2.45, 2.75) is 19.9 Å².